The number of amides is 1. The van der Waals surface area contributed by atoms with Crippen molar-refractivity contribution >= 4 is 56.6 Å². The molecule has 0 aliphatic carbocycles. The number of nitrogens with one attached hydrogen (secondary N) is 1. The summed E-state index contributed by atoms with van der Waals surface area (Å²) in [5.41, 5.74) is 0.275. The predicted molar refractivity (Wildman–Crippen MR) is 143 cm³/mol. The van der Waals surface area contributed by atoms with E-state index in [0.717, 1.165) is 23.3 Å². The van der Waals surface area contributed by atoms with E-state index >= 15 is 0 Å². The molecule has 0 atom stereocenters. The van der Waals surface area contributed by atoms with Crippen LogP contribution in [0.3, 0.4) is 0 Å². The molecule has 3 rings (SSSR count). The molecule has 0 spiro atoms. The number of carbonyl (C=O) groups excluding carboxylic acids is 1. The summed E-state index contributed by atoms with van der Waals surface area (Å²) in [4.78, 5) is 12.5. The fourth-order valence-electron chi connectivity index (χ4n) is 3.28. The van der Waals surface area contributed by atoms with Crippen LogP contribution in [-0.2, 0) is 26.7 Å². The lowest BCUT2D eigenvalue weighted by Gasteiger charge is -2.25. The van der Waals surface area contributed by atoms with E-state index in [1.165, 1.54) is 30.0 Å². The van der Waals surface area contributed by atoms with Crippen molar-refractivity contribution in [1.82, 2.24) is 5.32 Å². The molecule has 198 valence electrons. The highest BCUT2D eigenvalue weighted by molar-refractivity contribution is 7.98. The van der Waals surface area contributed by atoms with Crippen LogP contribution in [0, 0.1) is 6.92 Å². The first kappa shape index (κ1) is 29.2. The highest BCUT2D eigenvalue weighted by Crippen LogP contribution is 2.33. The third-order valence-electron chi connectivity index (χ3n) is 5.23. The Morgan fingerprint density at radius 1 is 1.00 bits per heavy atom. The summed E-state index contributed by atoms with van der Waals surface area (Å²) in [6, 6.07) is 14.9. The monoisotopic (exact) mass is 590 g/mol. The summed E-state index contributed by atoms with van der Waals surface area (Å²) < 4.78 is 67.3. The van der Waals surface area contributed by atoms with Gasteiger partial charge in [0.15, 0.2) is 0 Å². The van der Waals surface area contributed by atoms with Crippen LogP contribution in [0.1, 0.15) is 16.7 Å². The molecule has 0 saturated carbocycles. The van der Waals surface area contributed by atoms with Gasteiger partial charge < -0.3 is 5.32 Å². The molecule has 0 aliphatic heterocycles. The van der Waals surface area contributed by atoms with E-state index in [1.54, 1.807) is 37.3 Å². The van der Waals surface area contributed by atoms with Gasteiger partial charge in [-0.15, -0.1) is 0 Å². The molecular weight excluding hydrogens is 568 g/mol. The molecule has 12 heteroatoms. The Labute approximate surface area is 228 Å². The van der Waals surface area contributed by atoms with Gasteiger partial charge in [0, 0.05) is 28.1 Å². The molecule has 1 N–H and O–H groups in total. The lowest BCUT2D eigenvalue weighted by atomic mass is 10.2. The van der Waals surface area contributed by atoms with Crippen LogP contribution in [0.25, 0.3) is 0 Å². The van der Waals surface area contributed by atoms with Gasteiger partial charge in [0.1, 0.15) is 6.54 Å². The summed E-state index contributed by atoms with van der Waals surface area (Å²) >= 11 is 13.8. The number of hydrogen-bond donors (Lipinski definition) is 1. The summed E-state index contributed by atoms with van der Waals surface area (Å²) in [5.74, 6) is 0.318. The predicted octanol–water partition coefficient (Wildman–Crippen LogP) is 6.57. The van der Waals surface area contributed by atoms with Gasteiger partial charge in [-0.25, -0.2) is 8.42 Å². The number of halogens is 5. The van der Waals surface area contributed by atoms with Crippen LogP contribution in [0.15, 0.2) is 71.6 Å². The van der Waals surface area contributed by atoms with E-state index in [2.05, 4.69) is 5.32 Å². The first-order valence-corrected chi connectivity index (χ1v) is 14.3. The molecule has 0 aliphatic rings. The molecule has 0 saturated heterocycles. The maximum Gasteiger partial charge on any atom is 0.416 e. The van der Waals surface area contributed by atoms with Crippen LogP contribution in [0.4, 0.5) is 18.9 Å². The molecule has 0 heterocycles. The third-order valence-corrected chi connectivity index (χ3v) is 8.72. The fourth-order valence-corrected chi connectivity index (χ4v) is 6.29. The average molecular weight is 592 g/mol. The summed E-state index contributed by atoms with van der Waals surface area (Å²) in [7, 11) is -4.34. The second kappa shape index (κ2) is 12.4. The van der Waals surface area contributed by atoms with Crippen LogP contribution in [-0.4, -0.2) is 33.2 Å². The molecule has 3 aromatic rings. The largest absolute Gasteiger partial charge is 0.416 e. The Morgan fingerprint density at radius 3 is 2.24 bits per heavy atom. The Morgan fingerprint density at radius 2 is 1.62 bits per heavy atom. The molecule has 0 fully saturated rings. The standard InChI is InChI=1S/C25H23Cl2F3N2O3S2/c1-17-8-10-20(11-9-17)37(34,35)32(19-5-2-4-18(14-19)25(28,29)30)15-24(33)31-12-13-36-16-21-22(26)6-3-7-23(21)27/h2-11,14H,12-13,15-16H2,1H3,(H,31,33). The normalized spacial score (nSPS) is 11.8. The van der Waals surface area contributed by atoms with E-state index in [-0.39, 0.29) is 17.1 Å². The summed E-state index contributed by atoms with van der Waals surface area (Å²) in [6.07, 6.45) is -4.68. The van der Waals surface area contributed by atoms with Gasteiger partial charge in [-0.2, -0.15) is 24.9 Å². The van der Waals surface area contributed by atoms with Gasteiger partial charge in [0.05, 0.1) is 16.1 Å². The average Bonchev–Trinajstić information content (AvgIpc) is 2.83. The zero-order valence-corrected chi connectivity index (χ0v) is 22.7. The Bertz CT molecular complexity index is 1330. The maximum absolute atomic E-state index is 13.4. The van der Waals surface area contributed by atoms with Gasteiger partial charge >= 0.3 is 6.18 Å². The number of nitrogens with zero attached hydrogens (tertiary/aromatic N) is 1. The van der Waals surface area contributed by atoms with E-state index in [0.29, 0.717) is 31.9 Å². The van der Waals surface area contributed by atoms with Crippen molar-refractivity contribution in [1.29, 1.82) is 0 Å². The molecule has 0 radical (unpaired) electrons. The topological polar surface area (TPSA) is 66.5 Å². The number of benzene rings is 3. The van der Waals surface area contributed by atoms with Crippen molar-refractivity contribution in [3.8, 4) is 0 Å². The number of thioether (sulfide) groups is 1. The van der Waals surface area contributed by atoms with E-state index in [9.17, 15) is 26.4 Å². The van der Waals surface area contributed by atoms with Crippen molar-refractivity contribution in [2.45, 2.75) is 23.7 Å². The number of carbonyl (C=O) groups is 1. The summed E-state index contributed by atoms with van der Waals surface area (Å²) in [6.45, 7) is 1.28. The minimum absolute atomic E-state index is 0.143. The van der Waals surface area contributed by atoms with E-state index in [1.807, 2.05) is 0 Å². The van der Waals surface area contributed by atoms with Crippen LogP contribution in [0.2, 0.25) is 10.0 Å². The zero-order chi connectivity index (χ0) is 27.2. The number of aryl methyl sites for hydroxylation is 1. The Balaban J connectivity index is 1.73. The molecular formula is C25H23Cl2F3N2O3S2. The molecule has 3 aromatic carbocycles. The molecule has 37 heavy (non-hydrogen) atoms. The number of sulfonamides is 1. The van der Waals surface area contributed by atoms with E-state index in [4.69, 9.17) is 23.2 Å². The van der Waals surface area contributed by atoms with Gasteiger partial charge in [0.2, 0.25) is 5.91 Å². The molecule has 0 unspecified atom stereocenters. The van der Waals surface area contributed by atoms with Crippen molar-refractivity contribution in [2.75, 3.05) is 23.1 Å². The fraction of sp³-hybridized carbons (Fsp3) is 0.240. The Hall–Kier alpha value is -2.40. The van der Waals surface area contributed by atoms with Crippen LogP contribution < -0.4 is 9.62 Å². The first-order chi connectivity index (χ1) is 17.4. The van der Waals surface area contributed by atoms with Crippen molar-refractivity contribution < 1.29 is 26.4 Å². The quantitative estimate of drug-likeness (QED) is 0.271. The van der Waals surface area contributed by atoms with Crippen molar-refractivity contribution in [3.05, 3.63) is 93.5 Å². The SMILES string of the molecule is Cc1ccc(S(=O)(=O)N(CC(=O)NCCSCc2c(Cl)cccc2Cl)c2cccc(C(F)(F)F)c2)cc1. The number of rotatable bonds is 10. The van der Waals surface area contributed by atoms with Gasteiger partial charge in [-0.3, -0.25) is 9.10 Å². The molecule has 0 bridgehead atoms. The lowest BCUT2D eigenvalue weighted by molar-refractivity contribution is -0.137. The molecule has 1 amide bonds. The van der Waals surface area contributed by atoms with E-state index < -0.39 is 34.2 Å². The van der Waals surface area contributed by atoms with Crippen molar-refractivity contribution in [3.63, 3.8) is 0 Å². The number of alkyl halides is 3. The second-order valence-electron chi connectivity index (χ2n) is 7.98. The maximum atomic E-state index is 13.4. The zero-order valence-electron chi connectivity index (χ0n) is 19.6. The molecule has 5 nitrogen and oxygen atoms in total. The highest BCUT2D eigenvalue weighted by Gasteiger charge is 2.33. The van der Waals surface area contributed by atoms with Gasteiger partial charge in [-0.1, -0.05) is 53.0 Å². The van der Waals surface area contributed by atoms with Crippen LogP contribution in [0.5, 0.6) is 0 Å². The minimum Gasteiger partial charge on any atom is -0.354 e. The Kier molecular flexibility index (Phi) is 9.80. The number of anilines is 1. The van der Waals surface area contributed by atoms with Gasteiger partial charge in [-0.05, 0) is 55.0 Å². The first-order valence-electron chi connectivity index (χ1n) is 10.9. The van der Waals surface area contributed by atoms with Crippen molar-refractivity contribution in [2.24, 2.45) is 0 Å². The highest BCUT2D eigenvalue weighted by atomic mass is 35.5. The third kappa shape index (κ3) is 7.80. The van der Waals surface area contributed by atoms with Gasteiger partial charge in [0.25, 0.3) is 10.0 Å². The smallest absolute Gasteiger partial charge is 0.354 e. The summed E-state index contributed by atoms with van der Waals surface area (Å²) in [5, 5.41) is 3.68. The molecule has 0 aromatic heterocycles. The van der Waals surface area contributed by atoms with Crippen LogP contribution >= 0.6 is 35.0 Å². The minimum atomic E-state index is -4.68. The number of hydrogen-bond acceptors (Lipinski definition) is 4. The second-order valence-corrected chi connectivity index (χ2v) is 11.8. The lowest BCUT2D eigenvalue weighted by Crippen LogP contribution is -2.41.